The van der Waals surface area contributed by atoms with Crippen molar-refractivity contribution in [3.63, 3.8) is 0 Å². The number of rotatable bonds is 4. The second-order valence-electron chi connectivity index (χ2n) is 6.81. The van der Waals surface area contributed by atoms with Crippen LogP contribution in [-0.2, 0) is 11.3 Å². The van der Waals surface area contributed by atoms with Gasteiger partial charge in [-0.2, -0.15) is 0 Å². The van der Waals surface area contributed by atoms with Crippen molar-refractivity contribution in [3.05, 3.63) is 68.7 Å². The van der Waals surface area contributed by atoms with Crippen LogP contribution in [0.1, 0.15) is 18.7 Å². The van der Waals surface area contributed by atoms with Gasteiger partial charge in [0.1, 0.15) is 5.82 Å². The molecule has 144 valence electrons. The lowest BCUT2D eigenvalue weighted by molar-refractivity contribution is -0.120. The van der Waals surface area contributed by atoms with E-state index in [-0.39, 0.29) is 17.5 Å². The Morgan fingerprint density at radius 3 is 2.75 bits per heavy atom. The Morgan fingerprint density at radius 2 is 1.96 bits per heavy atom. The molecule has 1 atom stereocenters. The molecule has 0 radical (unpaired) electrons. The molecule has 2 aromatic carbocycles. The van der Waals surface area contributed by atoms with E-state index in [9.17, 15) is 9.59 Å². The first-order valence-electron chi connectivity index (χ1n) is 8.98. The largest absolute Gasteiger partial charge is 0.325 e. The number of H-pyrrole nitrogens is 1. The number of carbonyl (C=O) groups excluding carboxylic acids is 1. The van der Waals surface area contributed by atoms with E-state index in [1.54, 1.807) is 24.3 Å². The third-order valence-electron chi connectivity index (χ3n) is 4.81. The van der Waals surface area contributed by atoms with Gasteiger partial charge in [0.25, 0.3) is 5.56 Å². The molecule has 1 fully saturated rings. The van der Waals surface area contributed by atoms with Gasteiger partial charge in [-0.25, -0.2) is 4.98 Å². The van der Waals surface area contributed by atoms with Gasteiger partial charge in [0.2, 0.25) is 5.91 Å². The Kier molecular flexibility index (Phi) is 5.35. The van der Waals surface area contributed by atoms with Gasteiger partial charge in [0, 0.05) is 15.7 Å². The average molecular weight is 417 g/mol. The van der Waals surface area contributed by atoms with E-state index in [1.165, 1.54) is 0 Å². The van der Waals surface area contributed by atoms with Crippen LogP contribution in [0.5, 0.6) is 0 Å². The highest BCUT2D eigenvalue weighted by Crippen LogP contribution is 2.25. The van der Waals surface area contributed by atoms with Crippen LogP contribution in [0.2, 0.25) is 10.0 Å². The van der Waals surface area contributed by atoms with Crippen molar-refractivity contribution >= 4 is 45.7 Å². The molecule has 1 amide bonds. The van der Waals surface area contributed by atoms with Gasteiger partial charge < -0.3 is 10.3 Å². The molecule has 6 nitrogen and oxygen atoms in total. The van der Waals surface area contributed by atoms with Gasteiger partial charge >= 0.3 is 0 Å². The normalized spacial score (nSPS) is 17.1. The van der Waals surface area contributed by atoms with Crippen LogP contribution in [0.3, 0.4) is 0 Å². The fraction of sp³-hybridized carbons (Fsp3) is 0.250. The van der Waals surface area contributed by atoms with Gasteiger partial charge in [-0.1, -0.05) is 35.3 Å². The number of halogens is 2. The molecule has 1 saturated heterocycles. The number of aromatic amines is 1. The fourth-order valence-corrected chi connectivity index (χ4v) is 4.09. The summed E-state index contributed by atoms with van der Waals surface area (Å²) in [7, 11) is 0. The highest BCUT2D eigenvalue weighted by molar-refractivity contribution is 6.35. The summed E-state index contributed by atoms with van der Waals surface area (Å²) < 4.78 is 0. The topological polar surface area (TPSA) is 78.1 Å². The van der Waals surface area contributed by atoms with Crippen LogP contribution in [0.15, 0.2) is 47.3 Å². The molecule has 1 aromatic heterocycles. The van der Waals surface area contributed by atoms with Crippen LogP contribution in [-0.4, -0.2) is 33.4 Å². The first-order chi connectivity index (χ1) is 13.5. The van der Waals surface area contributed by atoms with Crippen molar-refractivity contribution in [2.75, 3.05) is 11.9 Å². The number of para-hydroxylation sites is 1. The summed E-state index contributed by atoms with van der Waals surface area (Å²) in [4.78, 5) is 34.4. The van der Waals surface area contributed by atoms with Crippen molar-refractivity contribution in [1.82, 2.24) is 14.9 Å². The number of nitrogens with zero attached hydrogens (tertiary/aromatic N) is 2. The molecule has 0 aliphatic carbocycles. The van der Waals surface area contributed by atoms with E-state index < -0.39 is 0 Å². The van der Waals surface area contributed by atoms with E-state index in [1.807, 2.05) is 23.1 Å². The molecule has 3 aromatic rings. The lowest BCUT2D eigenvalue weighted by Crippen LogP contribution is -2.39. The van der Waals surface area contributed by atoms with Crippen LogP contribution >= 0.6 is 23.2 Å². The number of hydrogen-bond donors (Lipinski definition) is 2. The number of likely N-dealkylation sites (tertiary alicyclic amines) is 1. The summed E-state index contributed by atoms with van der Waals surface area (Å²) in [6.45, 7) is 1.15. The number of hydrogen-bond acceptors (Lipinski definition) is 4. The second-order valence-corrected chi connectivity index (χ2v) is 7.68. The van der Waals surface area contributed by atoms with Gasteiger partial charge in [-0.3, -0.25) is 14.5 Å². The van der Waals surface area contributed by atoms with E-state index in [0.29, 0.717) is 39.0 Å². The lowest BCUT2D eigenvalue weighted by atomic mass is 10.2. The van der Waals surface area contributed by atoms with E-state index in [2.05, 4.69) is 15.3 Å². The van der Waals surface area contributed by atoms with Crippen molar-refractivity contribution in [2.45, 2.75) is 25.4 Å². The summed E-state index contributed by atoms with van der Waals surface area (Å²) in [5.74, 6) is 0.424. The van der Waals surface area contributed by atoms with Crippen molar-refractivity contribution in [1.29, 1.82) is 0 Å². The fourth-order valence-electron chi connectivity index (χ4n) is 3.57. The summed E-state index contributed by atoms with van der Waals surface area (Å²) in [5, 5.41) is 4.36. The third-order valence-corrected chi connectivity index (χ3v) is 5.25. The third kappa shape index (κ3) is 4.04. The highest BCUT2D eigenvalue weighted by Gasteiger charge is 2.31. The van der Waals surface area contributed by atoms with Gasteiger partial charge in [-0.05, 0) is 49.7 Å². The Bertz CT molecular complexity index is 1080. The molecule has 4 rings (SSSR count). The van der Waals surface area contributed by atoms with Crippen molar-refractivity contribution in [2.24, 2.45) is 0 Å². The summed E-state index contributed by atoms with van der Waals surface area (Å²) in [6.07, 6.45) is 1.63. The minimum absolute atomic E-state index is 0.126. The van der Waals surface area contributed by atoms with Gasteiger partial charge in [-0.15, -0.1) is 0 Å². The van der Waals surface area contributed by atoms with Crippen LogP contribution in [0.4, 0.5) is 5.69 Å². The quantitative estimate of drug-likeness (QED) is 0.677. The zero-order valence-corrected chi connectivity index (χ0v) is 16.4. The number of benzene rings is 2. The van der Waals surface area contributed by atoms with Crippen LogP contribution in [0, 0.1) is 0 Å². The molecular formula is C20H18Cl2N4O2. The van der Waals surface area contributed by atoms with E-state index in [0.717, 1.165) is 19.4 Å². The number of fused-ring (bicyclic) bond motifs is 1. The molecule has 0 bridgehead atoms. The van der Waals surface area contributed by atoms with Gasteiger partial charge in [0.05, 0.1) is 23.5 Å². The van der Waals surface area contributed by atoms with Crippen LogP contribution in [0.25, 0.3) is 10.9 Å². The molecule has 2 N–H and O–H groups in total. The molecule has 0 spiro atoms. The summed E-state index contributed by atoms with van der Waals surface area (Å²) >= 11 is 12.0. The number of nitrogens with one attached hydrogen (secondary N) is 2. The first kappa shape index (κ1) is 18.9. The average Bonchev–Trinajstić information content (AvgIpc) is 3.09. The molecule has 0 unspecified atom stereocenters. The second kappa shape index (κ2) is 7.91. The maximum atomic E-state index is 12.8. The monoisotopic (exact) mass is 416 g/mol. The Labute approximate surface area is 171 Å². The van der Waals surface area contributed by atoms with Gasteiger partial charge in [0.15, 0.2) is 0 Å². The molecule has 1 aliphatic heterocycles. The summed E-state index contributed by atoms with van der Waals surface area (Å²) in [5.41, 5.74) is 1.04. The smallest absolute Gasteiger partial charge is 0.258 e. The molecule has 0 saturated carbocycles. The lowest BCUT2D eigenvalue weighted by Gasteiger charge is -2.23. The molecule has 2 heterocycles. The number of carbonyl (C=O) groups is 1. The first-order valence-corrected chi connectivity index (χ1v) is 9.74. The minimum Gasteiger partial charge on any atom is -0.325 e. The van der Waals surface area contributed by atoms with Crippen molar-refractivity contribution in [3.8, 4) is 0 Å². The zero-order chi connectivity index (χ0) is 19.7. The predicted octanol–water partition coefficient (Wildman–Crippen LogP) is 3.83. The number of amides is 1. The van der Waals surface area contributed by atoms with E-state index >= 15 is 0 Å². The van der Waals surface area contributed by atoms with E-state index in [4.69, 9.17) is 23.2 Å². The van der Waals surface area contributed by atoms with Crippen LogP contribution < -0.4 is 10.9 Å². The molecular weight excluding hydrogens is 399 g/mol. The molecule has 28 heavy (non-hydrogen) atoms. The highest BCUT2D eigenvalue weighted by atomic mass is 35.5. The standard InChI is InChI=1S/C20H18Cl2N4O2/c21-12-8-13(22)10-14(9-12)23-20(28)17-6-3-7-26(17)11-18-24-16-5-2-1-4-15(16)19(27)25-18/h1-2,4-5,8-10,17H,3,6-7,11H2,(H,23,28)(H,24,25,27)/t17-/m1/s1. The summed E-state index contributed by atoms with van der Waals surface area (Å²) in [6, 6.07) is 11.8. The number of aromatic nitrogens is 2. The molecule has 1 aliphatic rings. The molecule has 8 heteroatoms. The number of anilines is 1. The SMILES string of the molecule is O=C(Nc1cc(Cl)cc(Cl)c1)[C@H]1CCCN1Cc1nc2ccccc2c(=O)[nH]1. The minimum atomic E-state index is -0.311. The Balaban J connectivity index is 1.52. The zero-order valence-electron chi connectivity index (χ0n) is 14.9. The Hall–Kier alpha value is -2.41. The maximum Gasteiger partial charge on any atom is 0.258 e. The maximum absolute atomic E-state index is 12.8. The Morgan fingerprint density at radius 1 is 1.21 bits per heavy atom. The van der Waals surface area contributed by atoms with Crippen molar-refractivity contribution < 1.29 is 4.79 Å². The predicted molar refractivity (Wildman–Crippen MR) is 111 cm³/mol.